The zero-order valence-electron chi connectivity index (χ0n) is 8.19. The molecule has 0 heterocycles. The minimum atomic E-state index is -4.55. The van der Waals surface area contributed by atoms with Gasteiger partial charge in [-0.3, -0.25) is 0 Å². The van der Waals surface area contributed by atoms with Crippen molar-refractivity contribution in [3.63, 3.8) is 0 Å². The Labute approximate surface area is 86.6 Å². The molecule has 0 bridgehead atoms. The van der Waals surface area contributed by atoms with E-state index in [0.717, 1.165) is 0 Å². The lowest BCUT2D eigenvalue weighted by atomic mass is 10.6. The molecule has 0 spiro atoms. The van der Waals surface area contributed by atoms with E-state index in [4.69, 9.17) is 0 Å². The largest absolute Gasteiger partial charge is 0.402 e. The maximum atomic E-state index is 11.7. The number of halogens is 3. The van der Waals surface area contributed by atoms with Crippen molar-refractivity contribution in [2.75, 3.05) is 26.2 Å². The Morgan fingerprint density at radius 3 is 2.20 bits per heavy atom. The van der Waals surface area contributed by atoms with Gasteiger partial charge in [-0.2, -0.15) is 26.3 Å². The van der Waals surface area contributed by atoms with Crippen LogP contribution in [0, 0.1) is 0 Å². The van der Waals surface area contributed by atoms with Gasteiger partial charge in [0.05, 0.1) is 0 Å². The number of alkyl halides is 3. The van der Waals surface area contributed by atoms with Gasteiger partial charge in [0.1, 0.15) is 6.54 Å². The van der Waals surface area contributed by atoms with E-state index in [1.54, 1.807) is 0 Å². The second-order valence-electron chi connectivity index (χ2n) is 2.69. The molecule has 3 N–H and O–H groups in total. The highest BCUT2D eigenvalue weighted by Gasteiger charge is 2.29. The number of likely N-dealkylation sites (N-methyl/N-ethyl adjacent to an activating group) is 1. The smallest absolute Gasteiger partial charge is 0.316 e. The summed E-state index contributed by atoms with van der Waals surface area (Å²) in [6.07, 6.45) is -4.55. The number of hydrogen-bond donors (Lipinski definition) is 3. The summed E-state index contributed by atoms with van der Waals surface area (Å²) in [5.74, 6) is 0. The van der Waals surface area contributed by atoms with Gasteiger partial charge in [-0.1, -0.05) is 6.92 Å². The third kappa shape index (κ3) is 9.91. The zero-order chi connectivity index (χ0) is 11.9. The second-order valence-corrected chi connectivity index (χ2v) is 4.27. The summed E-state index contributed by atoms with van der Waals surface area (Å²) in [7, 11) is -4.06. The maximum absolute atomic E-state index is 11.7. The van der Waals surface area contributed by atoms with E-state index < -0.39 is 22.9 Å². The van der Waals surface area contributed by atoms with Gasteiger partial charge in [-0.15, -0.1) is 0 Å². The lowest BCUT2D eigenvalue weighted by Gasteiger charge is -2.10. The van der Waals surface area contributed by atoms with Gasteiger partial charge in [-0.25, -0.2) is 4.72 Å². The SMILES string of the molecule is CCNCCNS(=O)(=O)NCC(F)(F)F. The van der Waals surface area contributed by atoms with Crippen LogP contribution < -0.4 is 14.8 Å². The predicted molar refractivity (Wildman–Crippen MR) is 49.5 cm³/mol. The van der Waals surface area contributed by atoms with Gasteiger partial charge in [0.2, 0.25) is 0 Å². The fraction of sp³-hybridized carbons (Fsp3) is 1.00. The molecule has 0 saturated carbocycles. The molecule has 0 aromatic heterocycles. The molecule has 92 valence electrons. The summed E-state index contributed by atoms with van der Waals surface area (Å²) in [6, 6.07) is 0. The van der Waals surface area contributed by atoms with Crippen LogP contribution in [-0.4, -0.2) is 40.8 Å². The number of nitrogens with one attached hydrogen (secondary N) is 3. The zero-order valence-corrected chi connectivity index (χ0v) is 9.00. The van der Waals surface area contributed by atoms with Crippen LogP contribution in [0.4, 0.5) is 13.2 Å². The van der Waals surface area contributed by atoms with Crippen LogP contribution in [-0.2, 0) is 10.2 Å². The first-order valence-corrected chi connectivity index (χ1v) is 5.77. The van der Waals surface area contributed by atoms with E-state index in [2.05, 4.69) is 5.32 Å². The quantitative estimate of drug-likeness (QED) is 0.537. The van der Waals surface area contributed by atoms with Crippen molar-refractivity contribution in [3.8, 4) is 0 Å². The first kappa shape index (κ1) is 14.6. The topological polar surface area (TPSA) is 70.2 Å². The molecule has 0 fully saturated rings. The van der Waals surface area contributed by atoms with Crippen molar-refractivity contribution in [2.24, 2.45) is 0 Å². The Balaban J connectivity index is 3.78. The molecule has 0 saturated heterocycles. The number of rotatable bonds is 7. The molecular weight excluding hydrogens is 235 g/mol. The predicted octanol–water partition coefficient (Wildman–Crippen LogP) is -0.418. The van der Waals surface area contributed by atoms with E-state index in [0.29, 0.717) is 13.1 Å². The van der Waals surface area contributed by atoms with Crippen LogP contribution in [0.2, 0.25) is 0 Å². The normalized spacial score (nSPS) is 13.1. The van der Waals surface area contributed by atoms with Crippen LogP contribution in [0.5, 0.6) is 0 Å². The van der Waals surface area contributed by atoms with E-state index in [1.165, 1.54) is 4.72 Å². The summed E-state index contributed by atoms with van der Waals surface area (Å²) in [5.41, 5.74) is 0. The molecule has 0 aromatic carbocycles. The molecular formula is C6H14F3N3O2S. The third-order valence-corrected chi connectivity index (χ3v) is 2.42. The average Bonchev–Trinajstić information content (AvgIpc) is 2.09. The van der Waals surface area contributed by atoms with Crippen molar-refractivity contribution in [1.82, 2.24) is 14.8 Å². The minimum absolute atomic E-state index is 0.0427. The Kier molecular flexibility index (Phi) is 6.10. The lowest BCUT2D eigenvalue weighted by Crippen LogP contribution is -2.43. The van der Waals surface area contributed by atoms with Crippen molar-refractivity contribution >= 4 is 10.2 Å². The minimum Gasteiger partial charge on any atom is -0.316 e. The molecule has 0 aliphatic heterocycles. The van der Waals surface area contributed by atoms with Gasteiger partial charge >= 0.3 is 6.18 Å². The second kappa shape index (κ2) is 6.26. The third-order valence-electron chi connectivity index (χ3n) is 1.31. The summed E-state index contributed by atoms with van der Waals surface area (Å²) < 4.78 is 60.1. The summed E-state index contributed by atoms with van der Waals surface area (Å²) in [6.45, 7) is 1.34. The van der Waals surface area contributed by atoms with E-state index in [-0.39, 0.29) is 6.54 Å². The molecule has 0 radical (unpaired) electrons. The van der Waals surface area contributed by atoms with Crippen LogP contribution in [0.25, 0.3) is 0 Å². The van der Waals surface area contributed by atoms with Gasteiger partial charge in [0.15, 0.2) is 0 Å². The van der Waals surface area contributed by atoms with Crippen LogP contribution in [0.1, 0.15) is 6.92 Å². The average molecular weight is 249 g/mol. The van der Waals surface area contributed by atoms with Crippen molar-refractivity contribution < 1.29 is 21.6 Å². The van der Waals surface area contributed by atoms with E-state index >= 15 is 0 Å². The molecule has 0 unspecified atom stereocenters. The summed E-state index contributed by atoms with van der Waals surface area (Å²) in [4.78, 5) is 0. The molecule has 0 aliphatic carbocycles. The highest BCUT2D eigenvalue weighted by molar-refractivity contribution is 7.87. The molecule has 0 rings (SSSR count). The van der Waals surface area contributed by atoms with Gasteiger partial charge in [0, 0.05) is 13.1 Å². The monoisotopic (exact) mass is 249 g/mol. The van der Waals surface area contributed by atoms with Crippen LogP contribution in [0.15, 0.2) is 0 Å². The molecule has 15 heavy (non-hydrogen) atoms. The standard InChI is InChI=1S/C6H14F3N3O2S/c1-2-10-3-4-11-15(13,14)12-5-6(7,8)9/h10-12H,2-5H2,1H3. The summed E-state index contributed by atoms with van der Waals surface area (Å²) in [5, 5.41) is 2.82. The maximum Gasteiger partial charge on any atom is 0.402 e. The van der Waals surface area contributed by atoms with Gasteiger partial charge in [-0.05, 0) is 6.54 Å². The van der Waals surface area contributed by atoms with Crippen molar-refractivity contribution in [3.05, 3.63) is 0 Å². The lowest BCUT2D eigenvalue weighted by molar-refractivity contribution is -0.121. The highest BCUT2D eigenvalue weighted by atomic mass is 32.2. The molecule has 0 amide bonds. The molecule has 0 aliphatic rings. The Hall–Kier alpha value is -0.380. The fourth-order valence-corrected chi connectivity index (χ4v) is 1.50. The van der Waals surface area contributed by atoms with E-state index in [9.17, 15) is 21.6 Å². The van der Waals surface area contributed by atoms with Crippen molar-refractivity contribution in [2.45, 2.75) is 13.1 Å². The van der Waals surface area contributed by atoms with E-state index in [1.807, 2.05) is 11.6 Å². The number of hydrogen-bond acceptors (Lipinski definition) is 3. The Morgan fingerprint density at radius 1 is 1.13 bits per heavy atom. The van der Waals surface area contributed by atoms with Crippen LogP contribution in [0.3, 0.4) is 0 Å². The molecule has 9 heteroatoms. The summed E-state index contributed by atoms with van der Waals surface area (Å²) >= 11 is 0. The first-order valence-electron chi connectivity index (χ1n) is 4.28. The van der Waals surface area contributed by atoms with Gasteiger partial charge < -0.3 is 5.32 Å². The Bertz CT molecular complexity index is 265. The Morgan fingerprint density at radius 2 is 1.73 bits per heavy atom. The first-order chi connectivity index (χ1) is 6.77. The fourth-order valence-electron chi connectivity index (χ4n) is 0.678. The molecule has 5 nitrogen and oxygen atoms in total. The molecule has 0 aromatic rings. The highest BCUT2D eigenvalue weighted by Crippen LogP contribution is 2.12. The molecule has 0 atom stereocenters. The van der Waals surface area contributed by atoms with Gasteiger partial charge in [0.25, 0.3) is 10.2 Å². The van der Waals surface area contributed by atoms with Crippen molar-refractivity contribution in [1.29, 1.82) is 0 Å². The van der Waals surface area contributed by atoms with Crippen LogP contribution >= 0.6 is 0 Å².